The molecule has 0 aliphatic rings. The van der Waals surface area contributed by atoms with Crippen LogP contribution in [0.25, 0.3) is 5.69 Å². The molecule has 23 heavy (non-hydrogen) atoms. The molecule has 1 amide bonds. The number of carbonyl (C=O) groups is 1. The zero-order valence-corrected chi connectivity index (χ0v) is 13.6. The number of amides is 1. The van der Waals surface area contributed by atoms with Crippen molar-refractivity contribution >= 4 is 12.3 Å². The Labute approximate surface area is 134 Å². The first kappa shape index (κ1) is 16.5. The maximum absolute atomic E-state index is 12.4. The summed E-state index contributed by atoms with van der Waals surface area (Å²) in [5.74, 6) is 0. The quantitative estimate of drug-likeness (QED) is 0.673. The molecule has 0 aliphatic heterocycles. The Kier molecular flexibility index (Phi) is 4.68. The standard InChI is InChI=1S/C16H20N4O3/c1-11-13(10-17-18-15(22)23-16(2,3)4)14(21)20(19-11)12-8-6-5-7-9-12/h5-10,19H,1-4H3,(H,18,22)/b17-10-. The number of aryl methyl sites for hydroxylation is 1. The molecule has 0 fully saturated rings. The molecule has 1 aromatic carbocycles. The van der Waals surface area contributed by atoms with Crippen molar-refractivity contribution in [3.05, 3.63) is 51.9 Å². The Bertz CT molecular complexity index is 767. The number of nitrogens with one attached hydrogen (secondary N) is 2. The van der Waals surface area contributed by atoms with Crippen molar-refractivity contribution in [3.63, 3.8) is 0 Å². The molecule has 0 saturated carbocycles. The van der Waals surface area contributed by atoms with E-state index < -0.39 is 11.7 Å². The van der Waals surface area contributed by atoms with Crippen molar-refractivity contribution in [2.75, 3.05) is 0 Å². The van der Waals surface area contributed by atoms with E-state index in [0.717, 1.165) is 5.69 Å². The van der Waals surface area contributed by atoms with Crippen LogP contribution in [0.3, 0.4) is 0 Å². The minimum Gasteiger partial charge on any atom is -0.443 e. The zero-order chi connectivity index (χ0) is 17.0. The maximum atomic E-state index is 12.4. The molecule has 0 aliphatic carbocycles. The van der Waals surface area contributed by atoms with Crippen LogP contribution in [0.4, 0.5) is 4.79 Å². The van der Waals surface area contributed by atoms with E-state index in [-0.39, 0.29) is 5.56 Å². The second-order valence-corrected chi connectivity index (χ2v) is 6.00. The fourth-order valence-corrected chi connectivity index (χ4v) is 1.92. The summed E-state index contributed by atoms with van der Waals surface area (Å²) in [5, 5.41) is 6.75. The number of rotatable bonds is 3. The predicted octanol–water partition coefficient (Wildman–Crippen LogP) is 2.33. The topological polar surface area (TPSA) is 88.5 Å². The van der Waals surface area contributed by atoms with Gasteiger partial charge in [0.1, 0.15) is 5.60 Å². The van der Waals surface area contributed by atoms with E-state index >= 15 is 0 Å². The van der Waals surface area contributed by atoms with Crippen molar-refractivity contribution in [2.24, 2.45) is 5.10 Å². The molecule has 0 atom stereocenters. The molecule has 0 bridgehead atoms. The number of aromatic amines is 1. The van der Waals surface area contributed by atoms with Crippen LogP contribution in [-0.2, 0) is 4.74 Å². The van der Waals surface area contributed by atoms with E-state index in [0.29, 0.717) is 11.3 Å². The molecule has 0 saturated heterocycles. The summed E-state index contributed by atoms with van der Waals surface area (Å²) >= 11 is 0. The normalized spacial score (nSPS) is 11.7. The van der Waals surface area contributed by atoms with Crippen LogP contribution >= 0.6 is 0 Å². The van der Waals surface area contributed by atoms with Crippen molar-refractivity contribution in [3.8, 4) is 5.69 Å². The lowest BCUT2D eigenvalue weighted by Crippen LogP contribution is -2.30. The van der Waals surface area contributed by atoms with Crippen molar-refractivity contribution in [1.29, 1.82) is 0 Å². The molecule has 1 heterocycles. The Morgan fingerprint density at radius 3 is 2.57 bits per heavy atom. The van der Waals surface area contributed by atoms with E-state index in [1.165, 1.54) is 10.9 Å². The van der Waals surface area contributed by atoms with Gasteiger partial charge in [-0.25, -0.2) is 14.9 Å². The van der Waals surface area contributed by atoms with Crippen LogP contribution in [-0.4, -0.2) is 27.7 Å². The van der Waals surface area contributed by atoms with E-state index in [1.807, 2.05) is 30.3 Å². The van der Waals surface area contributed by atoms with Gasteiger partial charge in [0.25, 0.3) is 5.56 Å². The molecule has 0 radical (unpaired) electrons. The smallest absolute Gasteiger partial charge is 0.428 e. The number of H-pyrrole nitrogens is 1. The fraction of sp³-hybridized carbons (Fsp3) is 0.312. The number of para-hydroxylation sites is 1. The van der Waals surface area contributed by atoms with Gasteiger partial charge in [-0.15, -0.1) is 0 Å². The number of ether oxygens (including phenoxy) is 1. The molecule has 0 unspecified atom stereocenters. The summed E-state index contributed by atoms with van der Waals surface area (Å²) in [5.41, 5.74) is 3.12. The molecule has 1 aromatic heterocycles. The first-order valence-corrected chi connectivity index (χ1v) is 7.17. The average Bonchev–Trinajstić information content (AvgIpc) is 2.74. The summed E-state index contributed by atoms with van der Waals surface area (Å²) in [6.45, 7) is 7.02. The first-order valence-electron chi connectivity index (χ1n) is 7.17. The predicted molar refractivity (Wildman–Crippen MR) is 88.1 cm³/mol. The third-order valence-corrected chi connectivity index (χ3v) is 2.88. The van der Waals surface area contributed by atoms with Crippen LogP contribution in [0.15, 0.2) is 40.2 Å². The lowest BCUT2D eigenvalue weighted by atomic mass is 10.2. The number of nitrogens with zero attached hydrogens (tertiary/aromatic N) is 2. The molecular formula is C16H20N4O3. The van der Waals surface area contributed by atoms with Gasteiger partial charge >= 0.3 is 6.09 Å². The molecule has 2 aromatic rings. The van der Waals surface area contributed by atoms with Crippen LogP contribution < -0.4 is 11.0 Å². The van der Waals surface area contributed by atoms with Gasteiger partial charge in [0.05, 0.1) is 17.5 Å². The van der Waals surface area contributed by atoms with Gasteiger partial charge in [-0.2, -0.15) is 5.10 Å². The van der Waals surface area contributed by atoms with Crippen molar-refractivity contribution in [1.82, 2.24) is 15.2 Å². The molecule has 2 rings (SSSR count). The van der Waals surface area contributed by atoms with Gasteiger partial charge in [0.15, 0.2) is 0 Å². The molecule has 2 N–H and O–H groups in total. The van der Waals surface area contributed by atoms with Gasteiger partial charge in [-0.05, 0) is 39.8 Å². The van der Waals surface area contributed by atoms with Gasteiger partial charge in [-0.3, -0.25) is 9.89 Å². The molecule has 7 heteroatoms. The fourth-order valence-electron chi connectivity index (χ4n) is 1.92. The van der Waals surface area contributed by atoms with E-state index in [2.05, 4.69) is 15.6 Å². The van der Waals surface area contributed by atoms with E-state index in [4.69, 9.17) is 4.74 Å². The monoisotopic (exact) mass is 316 g/mol. The highest BCUT2D eigenvalue weighted by atomic mass is 16.6. The zero-order valence-electron chi connectivity index (χ0n) is 13.6. The summed E-state index contributed by atoms with van der Waals surface area (Å²) in [6, 6.07) is 9.19. The summed E-state index contributed by atoms with van der Waals surface area (Å²) in [7, 11) is 0. The molecule has 7 nitrogen and oxygen atoms in total. The first-order chi connectivity index (χ1) is 10.8. The largest absolute Gasteiger partial charge is 0.443 e. The summed E-state index contributed by atoms with van der Waals surface area (Å²) in [6.07, 6.45) is 0.627. The number of aromatic nitrogens is 2. The third kappa shape index (κ3) is 4.32. The summed E-state index contributed by atoms with van der Waals surface area (Å²) < 4.78 is 6.48. The maximum Gasteiger partial charge on any atom is 0.428 e. The van der Waals surface area contributed by atoms with Crippen LogP contribution in [0.1, 0.15) is 32.0 Å². The van der Waals surface area contributed by atoms with Gasteiger partial charge < -0.3 is 4.74 Å². The SMILES string of the molecule is Cc1[nH]n(-c2ccccc2)c(=O)c1/C=N\NC(=O)OC(C)(C)C. The number of hydrogen-bond acceptors (Lipinski definition) is 4. The number of hydrazone groups is 1. The minimum atomic E-state index is -0.676. The Hall–Kier alpha value is -2.83. The average molecular weight is 316 g/mol. The molecule has 0 spiro atoms. The van der Waals surface area contributed by atoms with E-state index in [1.54, 1.807) is 27.7 Å². The Morgan fingerprint density at radius 1 is 1.30 bits per heavy atom. The highest BCUT2D eigenvalue weighted by Gasteiger charge is 2.15. The van der Waals surface area contributed by atoms with Crippen LogP contribution in [0.2, 0.25) is 0 Å². The third-order valence-electron chi connectivity index (χ3n) is 2.88. The molecule has 122 valence electrons. The highest BCUT2D eigenvalue weighted by molar-refractivity contribution is 5.81. The Balaban J connectivity index is 2.16. The number of hydrogen-bond donors (Lipinski definition) is 2. The Morgan fingerprint density at radius 2 is 1.96 bits per heavy atom. The van der Waals surface area contributed by atoms with Gasteiger partial charge in [0, 0.05) is 5.69 Å². The molecular weight excluding hydrogens is 296 g/mol. The van der Waals surface area contributed by atoms with Crippen molar-refractivity contribution < 1.29 is 9.53 Å². The highest BCUT2D eigenvalue weighted by Crippen LogP contribution is 2.07. The lowest BCUT2D eigenvalue weighted by Gasteiger charge is -2.18. The van der Waals surface area contributed by atoms with Crippen LogP contribution in [0, 0.1) is 6.92 Å². The minimum absolute atomic E-state index is 0.247. The number of benzene rings is 1. The second-order valence-electron chi connectivity index (χ2n) is 6.00. The van der Waals surface area contributed by atoms with Crippen molar-refractivity contribution in [2.45, 2.75) is 33.3 Å². The van der Waals surface area contributed by atoms with Gasteiger partial charge in [0.2, 0.25) is 0 Å². The lowest BCUT2D eigenvalue weighted by molar-refractivity contribution is 0.0529. The summed E-state index contributed by atoms with van der Waals surface area (Å²) in [4.78, 5) is 23.9. The van der Waals surface area contributed by atoms with E-state index in [9.17, 15) is 9.59 Å². The number of carbonyl (C=O) groups excluding carboxylic acids is 1. The van der Waals surface area contributed by atoms with Crippen LogP contribution in [0.5, 0.6) is 0 Å². The van der Waals surface area contributed by atoms with Gasteiger partial charge in [-0.1, -0.05) is 18.2 Å². The second kappa shape index (κ2) is 6.51.